The molecule has 1 aromatic carbocycles. The van der Waals surface area contributed by atoms with E-state index >= 15 is 0 Å². The van der Waals surface area contributed by atoms with E-state index in [-0.39, 0.29) is 5.56 Å². The number of ether oxygens (including phenoxy) is 1. The molecule has 0 amide bonds. The molecule has 0 saturated carbocycles. The standard InChI is InChI=1S/C10H8F3NO4/c1-18-9(15)4-6-2-3-7(10(11,12)13)5-8(6)14(16)17/h2-3,5H,4H2,1H3. The lowest BCUT2D eigenvalue weighted by atomic mass is 10.1. The molecule has 0 radical (unpaired) electrons. The summed E-state index contributed by atoms with van der Waals surface area (Å²) in [6.07, 6.45) is -5.13. The van der Waals surface area contributed by atoms with E-state index < -0.39 is 34.7 Å². The fraction of sp³-hybridized carbons (Fsp3) is 0.300. The summed E-state index contributed by atoms with van der Waals surface area (Å²) in [5.41, 5.74) is -2.02. The number of benzene rings is 1. The lowest BCUT2D eigenvalue weighted by Crippen LogP contribution is -2.10. The Morgan fingerprint density at radius 1 is 1.44 bits per heavy atom. The van der Waals surface area contributed by atoms with Gasteiger partial charge in [0.2, 0.25) is 0 Å². The van der Waals surface area contributed by atoms with Crippen molar-refractivity contribution in [1.29, 1.82) is 0 Å². The molecule has 0 fully saturated rings. The number of esters is 1. The van der Waals surface area contributed by atoms with Crippen LogP contribution < -0.4 is 0 Å². The number of nitro groups is 1. The number of rotatable bonds is 3. The molecule has 0 spiro atoms. The van der Waals surface area contributed by atoms with Crippen LogP contribution in [-0.4, -0.2) is 18.0 Å². The van der Waals surface area contributed by atoms with Crippen molar-refractivity contribution in [3.05, 3.63) is 39.4 Å². The monoisotopic (exact) mass is 263 g/mol. The second kappa shape index (κ2) is 5.03. The number of nitro benzene ring substituents is 1. The topological polar surface area (TPSA) is 69.4 Å². The number of methoxy groups -OCH3 is 1. The molecule has 0 saturated heterocycles. The average molecular weight is 263 g/mol. The van der Waals surface area contributed by atoms with Crippen LogP contribution in [0.5, 0.6) is 0 Å². The summed E-state index contributed by atoms with van der Waals surface area (Å²) in [4.78, 5) is 20.7. The molecule has 0 atom stereocenters. The molecular weight excluding hydrogens is 255 g/mol. The van der Waals surface area contributed by atoms with Gasteiger partial charge in [0.1, 0.15) is 0 Å². The van der Waals surface area contributed by atoms with Crippen LogP contribution in [0.2, 0.25) is 0 Å². The van der Waals surface area contributed by atoms with E-state index in [4.69, 9.17) is 0 Å². The number of nitrogens with zero attached hydrogens (tertiary/aromatic N) is 1. The smallest absolute Gasteiger partial charge is 0.416 e. The van der Waals surface area contributed by atoms with Crippen LogP contribution in [0.3, 0.4) is 0 Å². The van der Waals surface area contributed by atoms with E-state index in [0.717, 1.165) is 13.2 Å². The third kappa shape index (κ3) is 3.19. The Morgan fingerprint density at radius 3 is 2.50 bits per heavy atom. The SMILES string of the molecule is COC(=O)Cc1ccc(C(F)(F)F)cc1[N+](=O)[O-]. The van der Waals surface area contributed by atoms with Gasteiger partial charge in [-0.05, 0) is 6.07 Å². The van der Waals surface area contributed by atoms with Crippen molar-refractivity contribution >= 4 is 11.7 Å². The number of carbonyl (C=O) groups excluding carboxylic acids is 1. The highest BCUT2D eigenvalue weighted by atomic mass is 19.4. The lowest BCUT2D eigenvalue weighted by Gasteiger charge is -2.08. The van der Waals surface area contributed by atoms with Crippen LogP contribution in [0, 0.1) is 10.1 Å². The highest BCUT2D eigenvalue weighted by Crippen LogP contribution is 2.33. The molecule has 8 heteroatoms. The summed E-state index contributed by atoms with van der Waals surface area (Å²) >= 11 is 0. The molecule has 18 heavy (non-hydrogen) atoms. The van der Waals surface area contributed by atoms with Crippen LogP contribution in [-0.2, 0) is 22.1 Å². The molecule has 1 rings (SSSR count). The number of hydrogen-bond donors (Lipinski definition) is 0. The van der Waals surface area contributed by atoms with Gasteiger partial charge in [-0.25, -0.2) is 0 Å². The zero-order chi connectivity index (χ0) is 13.9. The zero-order valence-corrected chi connectivity index (χ0v) is 9.15. The second-order valence-corrected chi connectivity index (χ2v) is 3.35. The number of carbonyl (C=O) groups is 1. The van der Waals surface area contributed by atoms with Crippen LogP contribution in [0.15, 0.2) is 18.2 Å². The molecule has 98 valence electrons. The molecule has 0 aliphatic carbocycles. The van der Waals surface area contributed by atoms with Gasteiger partial charge in [-0.15, -0.1) is 0 Å². The summed E-state index contributed by atoms with van der Waals surface area (Å²) in [7, 11) is 1.08. The van der Waals surface area contributed by atoms with Gasteiger partial charge in [0.05, 0.1) is 24.0 Å². The molecule has 0 heterocycles. The third-order valence-corrected chi connectivity index (χ3v) is 2.17. The fourth-order valence-corrected chi connectivity index (χ4v) is 1.29. The maximum Gasteiger partial charge on any atom is 0.416 e. The van der Waals surface area contributed by atoms with Gasteiger partial charge in [-0.2, -0.15) is 13.2 Å². The van der Waals surface area contributed by atoms with Gasteiger partial charge < -0.3 is 4.74 Å². The molecule has 0 unspecified atom stereocenters. The quantitative estimate of drug-likeness (QED) is 0.476. The Bertz CT molecular complexity index is 485. The average Bonchev–Trinajstić information content (AvgIpc) is 2.27. The van der Waals surface area contributed by atoms with E-state index in [2.05, 4.69) is 4.74 Å². The maximum absolute atomic E-state index is 12.4. The molecule has 0 aromatic heterocycles. The summed E-state index contributed by atoms with van der Waals surface area (Å²) in [5, 5.41) is 10.7. The van der Waals surface area contributed by atoms with Crippen LogP contribution in [0.4, 0.5) is 18.9 Å². The van der Waals surface area contributed by atoms with Crippen molar-refractivity contribution in [2.45, 2.75) is 12.6 Å². The van der Waals surface area contributed by atoms with Gasteiger partial charge in [0, 0.05) is 11.6 Å². The Hall–Kier alpha value is -2.12. The maximum atomic E-state index is 12.4. The number of hydrogen-bond acceptors (Lipinski definition) is 4. The van der Waals surface area contributed by atoms with Crippen molar-refractivity contribution in [2.24, 2.45) is 0 Å². The third-order valence-electron chi connectivity index (χ3n) is 2.17. The minimum absolute atomic E-state index is 0.125. The van der Waals surface area contributed by atoms with Gasteiger partial charge in [0.25, 0.3) is 5.69 Å². The predicted molar refractivity (Wildman–Crippen MR) is 53.8 cm³/mol. The molecule has 0 aliphatic heterocycles. The van der Waals surface area contributed by atoms with Crippen molar-refractivity contribution in [3.63, 3.8) is 0 Å². The molecule has 0 aliphatic rings. The van der Waals surface area contributed by atoms with Crippen molar-refractivity contribution < 1.29 is 27.6 Å². The first-order chi connectivity index (χ1) is 8.25. The molecular formula is C10H8F3NO4. The summed E-state index contributed by atoms with van der Waals surface area (Å²) < 4.78 is 41.4. The van der Waals surface area contributed by atoms with Gasteiger partial charge in [0.15, 0.2) is 0 Å². The first kappa shape index (κ1) is 13.9. The molecule has 1 aromatic rings. The van der Waals surface area contributed by atoms with E-state index in [1.807, 2.05) is 0 Å². The van der Waals surface area contributed by atoms with Crippen molar-refractivity contribution in [2.75, 3.05) is 7.11 Å². The first-order valence-corrected chi connectivity index (χ1v) is 4.67. The Balaban J connectivity index is 3.21. The number of alkyl halides is 3. The largest absolute Gasteiger partial charge is 0.469 e. The Morgan fingerprint density at radius 2 is 2.06 bits per heavy atom. The minimum Gasteiger partial charge on any atom is -0.469 e. The van der Waals surface area contributed by atoms with E-state index in [1.54, 1.807) is 0 Å². The highest BCUT2D eigenvalue weighted by Gasteiger charge is 2.33. The normalized spacial score (nSPS) is 11.1. The van der Waals surface area contributed by atoms with Gasteiger partial charge in [-0.1, -0.05) is 6.07 Å². The predicted octanol–water partition coefficient (Wildman–Crippen LogP) is 2.33. The van der Waals surface area contributed by atoms with E-state index in [1.165, 1.54) is 0 Å². The van der Waals surface area contributed by atoms with E-state index in [9.17, 15) is 28.1 Å². The number of halogens is 3. The van der Waals surface area contributed by atoms with Gasteiger partial charge in [-0.3, -0.25) is 14.9 Å². The van der Waals surface area contributed by atoms with E-state index in [0.29, 0.717) is 12.1 Å². The van der Waals surface area contributed by atoms with Crippen LogP contribution in [0.25, 0.3) is 0 Å². The van der Waals surface area contributed by atoms with Crippen molar-refractivity contribution in [3.8, 4) is 0 Å². The minimum atomic E-state index is -4.67. The molecule has 0 bridgehead atoms. The van der Waals surface area contributed by atoms with Gasteiger partial charge >= 0.3 is 12.1 Å². The van der Waals surface area contributed by atoms with Crippen LogP contribution >= 0.6 is 0 Å². The highest BCUT2D eigenvalue weighted by molar-refractivity contribution is 5.74. The van der Waals surface area contributed by atoms with Crippen molar-refractivity contribution in [1.82, 2.24) is 0 Å². The molecule has 0 N–H and O–H groups in total. The Labute approximate surface area is 99.3 Å². The summed E-state index contributed by atoms with van der Waals surface area (Å²) in [6, 6.07) is 1.99. The second-order valence-electron chi connectivity index (χ2n) is 3.35. The molecule has 5 nitrogen and oxygen atoms in total. The Kier molecular flexibility index (Phi) is 3.89. The zero-order valence-electron chi connectivity index (χ0n) is 9.15. The summed E-state index contributed by atoms with van der Waals surface area (Å²) in [6.45, 7) is 0. The fourth-order valence-electron chi connectivity index (χ4n) is 1.29. The summed E-state index contributed by atoms with van der Waals surface area (Å²) in [5.74, 6) is -0.766. The lowest BCUT2D eigenvalue weighted by molar-refractivity contribution is -0.385. The van der Waals surface area contributed by atoms with Crippen LogP contribution in [0.1, 0.15) is 11.1 Å². The first-order valence-electron chi connectivity index (χ1n) is 4.67.